The highest BCUT2D eigenvalue weighted by molar-refractivity contribution is 7.14. The first-order chi connectivity index (χ1) is 9.81. The van der Waals surface area contributed by atoms with E-state index in [-0.39, 0.29) is 10.6 Å². The maximum absolute atomic E-state index is 12.6. The Kier molecular flexibility index (Phi) is 3.95. The highest BCUT2D eigenvalue weighted by Crippen LogP contribution is 2.34. The molecule has 0 unspecified atom stereocenters. The molecule has 0 bridgehead atoms. The lowest BCUT2D eigenvalue weighted by Gasteiger charge is -2.04. The topological polar surface area (TPSA) is 65.8 Å². The van der Waals surface area contributed by atoms with E-state index in [0.29, 0.717) is 22.6 Å². The SMILES string of the molecule is Cc1nc(C(F)(F)F)sc1C(=O)Nc1cccc(C#N)c1. The average molecular weight is 311 g/mol. The Labute approximate surface area is 121 Å². The molecule has 2 rings (SSSR count). The fourth-order valence-corrected chi connectivity index (χ4v) is 2.41. The largest absolute Gasteiger partial charge is 0.443 e. The lowest BCUT2D eigenvalue weighted by Crippen LogP contribution is -2.11. The first kappa shape index (κ1) is 15.0. The summed E-state index contributed by atoms with van der Waals surface area (Å²) < 4.78 is 37.7. The summed E-state index contributed by atoms with van der Waals surface area (Å²) in [4.78, 5) is 15.2. The third kappa shape index (κ3) is 3.38. The molecule has 0 aliphatic heterocycles. The van der Waals surface area contributed by atoms with Crippen molar-refractivity contribution in [3.05, 3.63) is 45.4 Å². The number of alkyl halides is 3. The second kappa shape index (κ2) is 5.54. The molecular weight excluding hydrogens is 303 g/mol. The smallest absolute Gasteiger partial charge is 0.321 e. The van der Waals surface area contributed by atoms with Crippen LogP contribution >= 0.6 is 11.3 Å². The van der Waals surface area contributed by atoms with E-state index in [2.05, 4.69) is 10.3 Å². The van der Waals surface area contributed by atoms with Crippen molar-refractivity contribution in [1.29, 1.82) is 5.26 Å². The van der Waals surface area contributed by atoms with E-state index in [1.165, 1.54) is 13.0 Å². The van der Waals surface area contributed by atoms with Crippen LogP contribution in [0.25, 0.3) is 0 Å². The molecule has 2 aromatic rings. The quantitative estimate of drug-likeness (QED) is 0.921. The molecule has 8 heteroatoms. The Balaban J connectivity index is 2.25. The van der Waals surface area contributed by atoms with Crippen molar-refractivity contribution in [3.63, 3.8) is 0 Å². The lowest BCUT2D eigenvalue weighted by atomic mass is 10.2. The summed E-state index contributed by atoms with van der Waals surface area (Å²) in [6.07, 6.45) is -4.57. The Morgan fingerprint density at radius 3 is 2.71 bits per heavy atom. The van der Waals surface area contributed by atoms with Crippen molar-refractivity contribution in [2.24, 2.45) is 0 Å². The normalized spacial score (nSPS) is 11.0. The van der Waals surface area contributed by atoms with Crippen molar-refractivity contribution in [2.45, 2.75) is 13.1 Å². The molecule has 0 aliphatic rings. The molecule has 1 N–H and O–H groups in total. The fraction of sp³-hybridized carbons (Fsp3) is 0.154. The van der Waals surface area contributed by atoms with Crippen LogP contribution in [0, 0.1) is 18.3 Å². The molecule has 0 aliphatic carbocycles. The predicted octanol–water partition coefficient (Wildman–Crippen LogP) is 3.59. The van der Waals surface area contributed by atoms with Gasteiger partial charge in [-0.1, -0.05) is 6.07 Å². The van der Waals surface area contributed by atoms with Crippen LogP contribution in [0.1, 0.15) is 25.9 Å². The molecule has 21 heavy (non-hydrogen) atoms. The van der Waals surface area contributed by atoms with E-state index in [9.17, 15) is 18.0 Å². The first-order valence-electron chi connectivity index (χ1n) is 5.67. The molecule has 1 aromatic heterocycles. The van der Waals surface area contributed by atoms with Crippen molar-refractivity contribution in [1.82, 2.24) is 4.98 Å². The van der Waals surface area contributed by atoms with Gasteiger partial charge in [-0.15, -0.1) is 11.3 Å². The molecular formula is C13H8F3N3OS. The Bertz CT molecular complexity index is 731. The van der Waals surface area contributed by atoms with Crippen LogP contribution in [0.3, 0.4) is 0 Å². The third-order valence-electron chi connectivity index (χ3n) is 2.49. The fourth-order valence-electron chi connectivity index (χ4n) is 1.58. The number of hydrogen-bond donors (Lipinski definition) is 1. The number of nitrogens with one attached hydrogen (secondary N) is 1. The number of amides is 1. The molecule has 0 spiro atoms. The molecule has 0 fully saturated rings. The number of hydrogen-bond acceptors (Lipinski definition) is 4. The highest BCUT2D eigenvalue weighted by Gasteiger charge is 2.36. The van der Waals surface area contributed by atoms with Crippen LogP contribution in [-0.2, 0) is 6.18 Å². The summed E-state index contributed by atoms with van der Waals surface area (Å²) >= 11 is 0.291. The van der Waals surface area contributed by atoms with Gasteiger partial charge in [-0.05, 0) is 25.1 Å². The molecule has 0 atom stereocenters. The van der Waals surface area contributed by atoms with E-state index in [1.54, 1.807) is 18.2 Å². The maximum Gasteiger partial charge on any atom is 0.443 e. The number of aryl methyl sites for hydroxylation is 1. The van der Waals surface area contributed by atoms with Crippen LogP contribution in [-0.4, -0.2) is 10.9 Å². The summed E-state index contributed by atoms with van der Waals surface area (Å²) in [5, 5.41) is 10.1. The molecule has 108 valence electrons. The molecule has 0 saturated carbocycles. The number of nitrogens with zero attached hydrogens (tertiary/aromatic N) is 2. The van der Waals surface area contributed by atoms with Gasteiger partial charge < -0.3 is 5.32 Å². The van der Waals surface area contributed by atoms with Gasteiger partial charge in [-0.2, -0.15) is 18.4 Å². The minimum absolute atomic E-state index is 0.0151. The summed E-state index contributed by atoms with van der Waals surface area (Å²) in [6.45, 7) is 1.34. The third-order valence-corrected chi connectivity index (χ3v) is 3.70. The number of thiazole rings is 1. The van der Waals surface area contributed by atoms with Gasteiger partial charge in [0.1, 0.15) is 4.88 Å². The van der Waals surface area contributed by atoms with Crippen molar-refractivity contribution in [3.8, 4) is 6.07 Å². The molecule has 1 aromatic carbocycles. The summed E-state index contributed by atoms with van der Waals surface area (Å²) in [5.41, 5.74) is 0.687. The van der Waals surface area contributed by atoms with Gasteiger partial charge in [-0.3, -0.25) is 4.79 Å². The Morgan fingerprint density at radius 1 is 1.43 bits per heavy atom. The van der Waals surface area contributed by atoms with E-state index in [1.807, 2.05) is 6.07 Å². The van der Waals surface area contributed by atoms with Crippen LogP contribution < -0.4 is 5.32 Å². The van der Waals surface area contributed by atoms with E-state index in [0.717, 1.165) is 0 Å². The van der Waals surface area contributed by atoms with E-state index in [4.69, 9.17) is 5.26 Å². The second-order valence-corrected chi connectivity index (χ2v) is 5.08. The van der Waals surface area contributed by atoms with Gasteiger partial charge in [0.05, 0.1) is 17.3 Å². The molecule has 0 radical (unpaired) electrons. The molecule has 1 heterocycles. The number of carbonyl (C=O) groups excluding carboxylic acids is 1. The van der Waals surface area contributed by atoms with Crippen molar-refractivity contribution >= 4 is 22.9 Å². The minimum Gasteiger partial charge on any atom is -0.321 e. The monoisotopic (exact) mass is 311 g/mol. The molecule has 1 amide bonds. The number of nitriles is 1. The predicted molar refractivity (Wildman–Crippen MR) is 71.0 cm³/mol. The van der Waals surface area contributed by atoms with Crippen LogP contribution in [0.5, 0.6) is 0 Å². The Morgan fingerprint density at radius 2 is 2.14 bits per heavy atom. The second-order valence-electron chi connectivity index (χ2n) is 4.08. The standard InChI is InChI=1S/C13H8F3N3OS/c1-7-10(21-12(18-7)13(14,15)16)11(20)19-9-4-2-3-8(5-9)6-17/h2-5H,1H3,(H,19,20). The maximum atomic E-state index is 12.6. The number of carbonyl (C=O) groups is 1. The van der Waals surface area contributed by atoms with Crippen LogP contribution in [0.4, 0.5) is 18.9 Å². The minimum atomic E-state index is -4.57. The van der Waals surface area contributed by atoms with Crippen LogP contribution in [0.2, 0.25) is 0 Å². The van der Waals surface area contributed by atoms with Crippen LogP contribution in [0.15, 0.2) is 24.3 Å². The highest BCUT2D eigenvalue weighted by atomic mass is 32.1. The number of aromatic nitrogens is 1. The zero-order chi connectivity index (χ0) is 15.6. The molecule has 0 saturated heterocycles. The summed E-state index contributed by atoms with van der Waals surface area (Å²) in [7, 11) is 0. The summed E-state index contributed by atoms with van der Waals surface area (Å²) in [5.74, 6) is -0.685. The zero-order valence-corrected chi connectivity index (χ0v) is 11.5. The van der Waals surface area contributed by atoms with Gasteiger partial charge in [0.2, 0.25) is 0 Å². The van der Waals surface area contributed by atoms with Gasteiger partial charge in [-0.25, -0.2) is 4.98 Å². The number of rotatable bonds is 2. The van der Waals surface area contributed by atoms with Gasteiger partial charge >= 0.3 is 6.18 Å². The zero-order valence-electron chi connectivity index (χ0n) is 10.7. The Hall–Kier alpha value is -2.40. The van der Waals surface area contributed by atoms with Gasteiger partial charge in [0.25, 0.3) is 5.91 Å². The van der Waals surface area contributed by atoms with Gasteiger partial charge in [0, 0.05) is 5.69 Å². The van der Waals surface area contributed by atoms with E-state index >= 15 is 0 Å². The lowest BCUT2D eigenvalue weighted by molar-refractivity contribution is -0.137. The average Bonchev–Trinajstić information content (AvgIpc) is 2.81. The van der Waals surface area contributed by atoms with Gasteiger partial charge in [0.15, 0.2) is 5.01 Å². The van der Waals surface area contributed by atoms with Crippen molar-refractivity contribution < 1.29 is 18.0 Å². The first-order valence-corrected chi connectivity index (χ1v) is 6.49. The van der Waals surface area contributed by atoms with Crippen molar-refractivity contribution in [2.75, 3.05) is 5.32 Å². The number of anilines is 1. The number of benzene rings is 1. The van der Waals surface area contributed by atoms with E-state index < -0.39 is 17.1 Å². The summed E-state index contributed by atoms with van der Waals surface area (Å²) in [6, 6.07) is 7.99. The molecule has 4 nitrogen and oxygen atoms in total. The number of halogens is 3.